The molecule has 20 heavy (non-hydrogen) atoms. The van der Waals surface area contributed by atoms with E-state index in [9.17, 15) is 4.79 Å². The summed E-state index contributed by atoms with van der Waals surface area (Å²) >= 11 is 1.42. The summed E-state index contributed by atoms with van der Waals surface area (Å²) in [5.74, 6) is 0.863. The summed E-state index contributed by atoms with van der Waals surface area (Å²) in [6.45, 7) is 13.9. The Hall–Kier alpha value is -0.800. The predicted octanol–water partition coefficient (Wildman–Crippen LogP) is 4.20. The summed E-state index contributed by atoms with van der Waals surface area (Å²) in [4.78, 5) is 14.4. The number of rotatable bonds is 6. The maximum absolute atomic E-state index is 12.1. The summed E-state index contributed by atoms with van der Waals surface area (Å²) in [5.41, 5.74) is 2.21. The predicted molar refractivity (Wildman–Crippen MR) is 89.7 cm³/mol. The zero-order valence-electron chi connectivity index (χ0n) is 13.4. The minimum Gasteiger partial charge on any atom is -0.303 e. The van der Waals surface area contributed by atoms with Crippen LogP contribution < -0.4 is 0 Å². The van der Waals surface area contributed by atoms with Crippen LogP contribution in [0, 0.1) is 0 Å². The van der Waals surface area contributed by atoms with E-state index in [0.29, 0.717) is 0 Å². The van der Waals surface area contributed by atoms with Crippen molar-refractivity contribution in [3.05, 3.63) is 35.4 Å². The second-order valence-corrected chi connectivity index (χ2v) is 7.06. The van der Waals surface area contributed by atoms with Gasteiger partial charge in [-0.15, -0.1) is 0 Å². The lowest BCUT2D eigenvalue weighted by Gasteiger charge is -2.19. The van der Waals surface area contributed by atoms with Gasteiger partial charge < -0.3 is 4.90 Å². The van der Waals surface area contributed by atoms with E-state index in [1.807, 2.05) is 12.1 Å². The molecule has 3 heteroatoms. The zero-order valence-corrected chi connectivity index (χ0v) is 14.2. The molecule has 1 aromatic rings. The molecule has 0 fully saturated rings. The Morgan fingerprint density at radius 1 is 1.10 bits per heavy atom. The van der Waals surface area contributed by atoms with Crippen molar-refractivity contribution in [3.63, 3.8) is 0 Å². The summed E-state index contributed by atoms with van der Waals surface area (Å²) < 4.78 is 0. The summed E-state index contributed by atoms with van der Waals surface area (Å²) in [6.07, 6.45) is 0. The normalized spacial score (nSPS) is 11.9. The molecule has 2 nitrogen and oxygen atoms in total. The lowest BCUT2D eigenvalue weighted by molar-refractivity contribution is 0.108. The first-order valence-corrected chi connectivity index (χ1v) is 8.37. The van der Waals surface area contributed by atoms with E-state index in [0.717, 1.165) is 31.0 Å². The fourth-order valence-corrected chi connectivity index (χ4v) is 2.83. The van der Waals surface area contributed by atoms with Crippen molar-refractivity contribution in [2.75, 3.05) is 25.4 Å². The first-order chi connectivity index (χ1) is 9.38. The molecule has 0 saturated carbocycles. The van der Waals surface area contributed by atoms with Gasteiger partial charge in [0.1, 0.15) is 0 Å². The van der Waals surface area contributed by atoms with Gasteiger partial charge >= 0.3 is 0 Å². The van der Waals surface area contributed by atoms with Crippen LogP contribution in [0.4, 0.5) is 0 Å². The van der Waals surface area contributed by atoms with Gasteiger partial charge in [0.15, 0.2) is 0 Å². The van der Waals surface area contributed by atoms with E-state index >= 15 is 0 Å². The third-order valence-electron chi connectivity index (χ3n) is 3.52. The highest BCUT2D eigenvalue weighted by molar-refractivity contribution is 8.14. The second kappa shape index (κ2) is 7.84. The van der Waals surface area contributed by atoms with Crippen LogP contribution >= 0.6 is 11.8 Å². The van der Waals surface area contributed by atoms with Crippen LogP contribution in [0.2, 0.25) is 0 Å². The number of hydrogen-bond donors (Lipinski definition) is 0. The lowest BCUT2D eigenvalue weighted by atomic mass is 9.87. The molecule has 0 heterocycles. The van der Waals surface area contributed by atoms with Crippen molar-refractivity contribution in [1.29, 1.82) is 0 Å². The SMILES string of the molecule is CCN(CC)CCSC(=O)c1ccc(C(C)(C)C)cc1. The molecule has 0 N–H and O–H groups in total. The summed E-state index contributed by atoms with van der Waals surface area (Å²) in [6, 6.07) is 8.04. The molecule has 0 aliphatic heterocycles. The molecule has 112 valence electrons. The molecule has 1 rings (SSSR count). The molecule has 0 bridgehead atoms. The van der Waals surface area contributed by atoms with Gasteiger partial charge in [0.2, 0.25) is 5.12 Å². The van der Waals surface area contributed by atoms with Gasteiger partial charge in [-0.3, -0.25) is 4.79 Å². The molecule has 0 radical (unpaired) electrons. The minimum absolute atomic E-state index is 0.136. The number of hydrogen-bond acceptors (Lipinski definition) is 3. The Morgan fingerprint density at radius 3 is 2.10 bits per heavy atom. The fourth-order valence-electron chi connectivity index (χ4n) is 2.00. The Labute approximate surface area is 127 Å². The number of carbonyl (C=O) groups excluding carboxylic acids is 1. The highest BCUT2D eigenvalue weighted by atomic mass is 32.2. The van der Waals surface area contributed by atoms with Gasteiger partial charge in [0, 0.05) is 17.9 Å². The van der Waals surface area contributed by atoms with Gasteiger partial charge in [0.25, 0.3) is 0 Å². The van der Waals surface area contributed by atoms with Crippen LogP contribution in [0.5, 0.6) is 0 Å². The third-order valence-corrected chi connectivity index (χ3v) is 4.41. The van der Waals surface area contributed by atoms with Crippen molar-refractivity contribution in [1.82, 2.24) is 4.90 Å². The first kappa shape index (κ1) is 17.3. The molecular formula is C17H27NOS. The van der Waals surface area contributed by atoms with E-state index in [2.05, 4.69) is 51.7 Å². The quantitative estimate of drug-likeness (QED) is 0.784. The third kappa shape index (κ3) is 5.29. The van der Waals surface area contributed by atoms with Gasteiger partial charge in [-0.25, -0.2) is 0 Å². The molecule has 0 aromatic heterocycles. The average Bonchev–Trinajstić information content (AvgIpc) is 2.42. The molecular weight excluding hydrogens is 266 g/mol. The van der Waals surface area contributed by atoms with Gasteiger partial charge in [0.05, 0.1) is 0 Å². The Kier molecular flexibility index (Phi) is 6.77. The molecule has 0 aliphatic carbocycles. The Bertz CT molecular complexity index is 416. The zero-order chi connectivity index (χ0) is 15.2. The maximum atomic E-state index is 12.1. The standard InChI is InChI=1S/C17H27NOS/c1-6-18(7-2)12-13-20-16(19)14-8-10-15(11-9-14)17(3,4)5/h8-11H,6-7,12-13H2,1-5H3. The van der Waals surface area contributed by atoms with Crippen molar-refractivity contribution < 1.29 is 4.79 Å². The largest absolute Gasteiger partial charge is 0.303 e. The maximum Gasteiger partial charge on any atom is 0.219 e. The molecule has 1 aromatic carbocycles. The number of carbonyl (C=O) groups is 1. The van der Waals surface area contributed by atoms with Crippen molar-refractivity contribution in [2.24, 2.45) is 0 Å². The highest BCUT2D eigenvalue weighted by Crippen LogP contribution is 2.23. The summed E-state index contributed by atoms with van der Waals surface area (Å²) in [5, 5.41) is 0.178. The highest BCUT2D eigenvalue weighted by Gasteiger charge is 2.14. The van der Waals surface area contributed by atoms with Crippen molar-refractivity contribution in [3.8, 4) is 0 Å². The van der Waals surface area contributed by atoms with Crippen LogP contribution in [0.1, 0.15) is 50.5 Å². The second-order valence-electron chi connectivity index (χ2n) is 5.99. The van der Waals surface area contributed by atoms with Crippen molar-refractivity contribution >= 4 is 16.9 Å². The summed E-state index contributed by atoms with van der Waals surface area (Å²) in [7, 11) is 0. The van der Waals surface area contributed by atoms with Crippen molar-refractivity contribution in [2.45, 2.75) is 40.0 Å². The lowest BCUT2D eigenvalue weighted by Crippen LogP contribution is -2.25. The smallest absolute Gasteiger partial charge is 0.219 e. The van der Waals surface area contributed by atoms with Crippen LogP contribution in [0.15, 0.2) is 24.3 Å². The number of benzene rings is 1. The average molecular weight is 293 g/mol. The van der Waals surface area contributed by atoms with E-state index < -0.39 is 0 Å². The minimum atomic E-state index is 0.136. The molecule has 0 unspecified atom stereocenters. The Morgan fingerprint density at radius 2 is 1.65 bits per heavy atom. The molecule has 0 saturated heterocycles. The van der Waals surface area contributed by atoms with Crippen LogP contribution in [0.25, 0.3) is 0 Å². The van der Waals surface area contributed by atoms with Crippen LogP contribution in [-0.2, 0) is 5.41 Å². The van der Waals surface area contributed by atoms with Gasteiger partial charge in [-0.2, -0.15) is 0 Å². The van der Waals surface area contributed by atoms with E-state index in [1.165, 1.54) is 17.3 Å². The Balaban J connectivity index is 2.52. The fraction of sp³-hybridized carbons (Fsp3) is 0.588. The van der Waals surface area contributed by atoms with Gasteiger partial charge in [-0.1, -0.05) is 70.6 Å². The topological polar surface area (TPSA) is 20.3 Å². The molecule has 0 amide bonds. The van der Waals surface area contributed by atoms with E-state index in [1.54, 1.807) is 0 Å². The van der Waals surface area contributed by atoms with Gasteiger partial charge in [-0.05, 0) is 24.1 Å². The first-order valence-electron chi connectivity index (χ1n) is 7.38. The van der Waals surface area contributed by atoms with Crippen LogP contribution in [-0.4, -0.2) is 35.4 Å². The number of nitrogens with zero attached hydrogens (tertiary/aromatic N) is 1. The molecule has 0 atom stereocenters. The number of thioether (sulfide) groups is 1. The molecule has 0 aliphatic rings. The van der Waals surface area contributed by atoms with E-state index in [-0.39, 0.29) is 10.5 Å². The molecule has 0 spiro atoms. The van der Waals surface area contributed by atoms with E-state index in [4.69, 9.17) is 0 Å². The monoisotopic (exact) mass is 293 g/mol. The van der Waals surface area contributed by atoms with Crippen LogP contribution in [0.3, 0.4) is 0 Å².